The fourth-order valence-corrected chi connectivity index (χ4v) is 0.807. The van der Waals surface area contributed by atoms with E-state index in [0.29, 0.717) is 0 Å². The van der Waals surface area contributed by atoms with Gasteiger partial charge in [-0.1, -0.05) is 11.6 Å². The molecule has 0 aliphatic rings. The van der Waals surface area contributed by atoms with Crippen molar-refractivity contribution in [2.45, 2.75) is 6.61 Å². The van der Waals surface area contributed by atoms with E-state index in [1.807, 2.05) is 0 Å². The lowest BCUT2D eigenvalue weighted by atomic mass is 10.3. The second kappa shape index (κ2) is 2.86. The van der Waals surface area contributed by atoms with Crippen LogP contribution >= 0.6 is 11.6 Å². The summed E-state index contributed by atoms with van der Waals surface area (Å²) < 4.78 is 0. The Balaban J connectivity index is 3.17. The predicted molar refractivity (Wildman–Crippen MR) is 35.3 cm³/mol. The Kier molecular flexibility index (Phi) is 2.09. The molecule has 0 aliphatic carbocycles. The number of hydrogen-bond donors (Lipinski definition) is 1. The zero-order valence-electron chi connectivity index (χ0n) is 5.04. The van der Waals surface area contributed by atoms with Crippen molar-refractivity contribution in [3.05, 3.63) is 23.0 Å². The number of aliphatic hydroxyl groups excluding tert-OH is 1. The molecule has 0 amide bonds. The lowest BCUT2D eigenvalue weighted by Gasteiger charge is -1.97. The fourth-order valence-electron chi connectivity index (χ4n) is 0.597. The fraction of sp³-hybridized carbons (Fsp3) is 0.167. The van der Waals surface area contributed by atoms with Crippen LogP contribution in [0.3, 0.4) is 0 Å². The molecular formula is C6H5ClNO2. The molecule has 1 rings (SSSR count). The zero-order valence-corrected chi connectivity index (χ0v) is 5.80. The maximum atomic E-state index is 10.8. The SMILES string of the molecule is [O]c1cncc(Cl)c1CO. The first-order valence-corrected chi connectivity index (χ1v) is 3.03. The van der Waals surface area contributed by atoms with Crippen LogP contribution in [0, 0.1) is 0 Å². The maximum Gasteiger partial charge on any atom is 0.203 e. The van der Waals surface area contributed by atoms with Crippen LogP contribution in [0.25, 0.3) is 0 Å². The van der Waals surface area contributed by atoms with E-state index in [1.54, 1.807) is 0 Å². The first kappa shape index (κ1) is 7.31. The van der Waals surface area contributed by atoms with E-state index in [-0.39, 0.29) is 22.9 Å². The third-order valence-electron chi connectivity index (χ3n) is 1.12. The molecule has 0 saturated carbocycles. The van der Waals surface area contributed by atoms with Crippen LogP contribution in [0.15, 0.2) is 12.4 Å². The van der Waals surface area contributed by atoms with Crippen molar-refractivity contribution in [1.82, 2.24) is 4.98 Å². The van der Waals surface area contributed by atoms with Gasteiger partial charge in [-0.2, -0.15) is 0 Å². The second-order valence-electron chi connectivity index (χ2n) is 1.76. The summed E-state index contributed by atoms with van der Waals surface area (Å²) in [5.74, 6) is -0.324. The van der Waals surface area contributed by atoms with Crippen molar-refractivity contribution in [3.63, 3.8) is 0 Å². The average Bonchev–Trinajstić information content (AvgIpc) is 1.88. The molecule has 0 fully saturated rings. The van der Waals surface area contributed by atoms with Crippen LogP contribution in [0.4, 0.5) is 0 Å². The van der Waals surface area contributed by atoms with E-state index in [0.717, 1.165) is 6.20 Å². The van der Waals surface area contributed by atoms with Crippen molar-refractivity contribution in [2.24, 2.45) is 0 Å². The molecule has 0 aromatic carbocycles. The maximum absolute atomic E-state index is 10.8. The van der Waals surface area contributed by atoms with Gasteiger partial charge in [0, 0.05) is 11.8 Å². The molecule has 53 valence electrons. The van der Waals surface area contributed by atoms with Gasteiger partial charge in [-0.15, -0.1) is 0 Å². The highest BCUT2D eigenvalue weighted by atomic mass is 35.5. The van der Waals surface area contributed by atoms with Gasteiger partial charge in [-0.25, -0.2) is 0 Å². The molecule has 0 aliphatic heterocycles. The van der Waals surface area contributed by atoms with E-state index in [1.165, 1.54) is 6.20 Å². The Bertz CT molecular complexity index is 219. The molecule has 4 heteroatoms. The van der Waals surface area contributed by atoms with E-state index in [4.69, 9.17) is 16.7 Å². The average molecular weight is 159 g/mol. The molecular weight excluding hydrogens is 154 g/mol. The quantitative estimate of drug-likeness (QED) is 0.671. The normalized spacial score (nSPS) is 9.80. The van der Waals surface area contributed by atoms with E-state index in [9.17, 15) is 5.11 Å². The van der Waals surface area contributed by atoms with E-state index >= 15 is 0 Å². The molecule has 1 radical (unpaired) electrons. The van der Waals surface area contributed by atoms with Gasteiger partial charge < -0.3 is 5.11 Å². The van der Waals surface area contributed by atoms with Crippen LogP contribution in [0.5, 0.6) is 5.75 Å². The smallest absolute Gasteiger partial charge is 0.203 e. The molecule has 1 heterocycles. The number of aliphatic hydroxyl groups is 1. The second-order valence-corrected chi connectivity index (χ2v) is 2.16. The number of hydrogen-bond acceptors (Lipinski definition) is 2. The van der Waals surface area contributed by atoms with Crippen molar-refractivity contribution in [2.75, 3.05) is 0 Å². The summed E-state index contributed by atoms with van der Waals surface area (Å²) in [5.41, 5.74) is 0.205. The van der Waals surface area contributed by atoms with Crippen LogP contribution in [-0.4, -0.2) is 10.1 Å². The van der Waals surface area contributed by atoms with Crippen LogP contribution in [-0.2, 0) is 11.7 Å². The first-order chi connectivity index (χ1) is 4.75. The highest BCUT2D eigenvalue weighted by Crippen LogP contribution is 2.23. The molecule has 3 nitrogen and oxygen atoms in total. The highest BCUT2D eigenvalue weighted by Gasteiger charge is 2.05. The minimum Gasteiger partial charge on any atom is -0.391 e. The summed E-state index contributed by atoms with van der Waals surface area (Å²) in [4.78, 5) is 3.54. The molecule has 1 aromatic heterocycles. The number of nitrogens with zero attached hydrogens (tertiary/aromatic N) is 1. The van der Waals surface area contributed by atoms with Gasteiger partial charge >= 0.3 is 0 Å². The van der Waals surface area contributed by atoms with E-state index < -0.39 is 0 Å². The standard InChI is InChI=1S/C6H5ClNO2/c7-5-1-8-2-6(10)4(5)3-9/h1-2,9H,3H2. The van der Waals surface area contributed by atoms with Crippen molar-refractivity contribution in [3.8, 4) is 5.75 Å². The first-order valence-electron chi connectivity index (χ1n) is 2.66. The Morgan fingerprint density at radius 3 is 2.70 bits per heavy atom. The molecule has 1 N–H and O–H groups in total. The zero-order chi connectivity index (χ0) is 7.56. The van der Waals surface area contributed by atoms with E-state index in [2.05, 4.69) is 4.98 Å². The monoisotopic (exact) mass is 158 g/mol. The summed E-state index contributed by atoms with van der Waals surface area (Å²) in [6.45, 7) is -0.333. The van der Waals surface area contributed by atoms with Gasteiger partial charge in [0.2, 0.25) is 5.75 Å². The molecule has 0 atom stereocenters. The van der Waals surface area contributed by atoms with Gasteiger partial charge in [0.05, 0.1) is 17.8 Å². The Morgan fingerprint density at radius 1 is 1.60 bits per heavy atom. The van der Waals surface area contributed by atoms with Crippen molar-refractivity contribution >= 4 is 11.6 Å². The van der Waals surface area contributed by atoms with Crippen LogP contribution < -0.4 is 0 Å². The molecule has 10 heavy (non-hydrogen) atoms. The number of halogens is 1. The topological polar surface area (TPSA) is 53.0 Å². The molecule has 0 spiro atoms. The summed E-state index contributed by atoms with van der Waals surface area (Å²) in [7, 11) is 0. The number of pyridine rings is 1. The third kappa shape index (κ3) is 1.20. The van der Waals surface area contributed by atoms with Crippen LogP contribution in [0.2, 0.25) is 5.02 Å². The predicted octanol–water partition coefficient (Wildman–Crippen LogP) is 1.37. The Labute approximate surface area is 62.9 Å². The summed E-state index contributed by atoms with van der Waals surface area (Å²) in [6, 6.07) is 0. The Hall–Kier alpha value is -0.800. The minimum absolute atomic E-state index is 0.205. The third-order valence-corrected chi connectivity index (χ3v) is 1.45. The summed E-state index contributed by atoms with van der Waals surface area (Å²) >= 11 is 5.51. The van der Waals surface area contributed by atoms with Gasteiger partial charge in [0.1, 0.15) is 0 Å². The highest BCUT2D eigenvalue weighted by molar-refractivity contribution is 6.31. The molecule has 1 aromatic rings. The molecule has 0 bridgehead atoms. The van der Waals surface area contributed by atoms with Gasteiger partial charge in [0.15, 0.2) is 0 Å². The molecule has 0 saturated heterocycles. The van der Waals surface area contributed by atoms with Crippen LogP contribution in [0.1, 0.15) is 5.56 Å². The van der Waals surface area contributed by atoms with Crippen molar-refractivity contribution < 1.29 is 10.2 Å². The summed E-state index contributed by atoms with van der Waals surface area (Å²) in [6.07, 6.45) is 2.45. The number of aromatic nitrogens is 1. The summed E-state index contributed by atoms with van der Waals surface area (Å²) in [5, 5.41) is 19.6. The number of rotatable bonds is 1. The lowest BCUT2D eigenvalue weighted by Crippen LogP contribution is -1.85. The lowest BCUT2D eigenvalue weighted by molar-refractivity contribution is 0.266. The van der Waals surface area contributed by atoms with Crippen molar-refractivity contribution in [1.29, 1.82) is 0 Å². The largest absolute Gasteiger partial charge is 0.391 e. The minimum atomic E-state index is -0.333. The molecule has 0 unspecified atom stereocenters. The van der Waals surface area contributed by atoms with Gasteiger partial charge in [-0.3, -0.25) is 10.1 Å². The Morgan fingerprint density at radius 2 is 2.30 bits per heavy atom. The van der Waals surface area contributed by atoms with Gasteiger partial charge in [0.25, 0.3) is 0 Å². The van der Waals surface area contributed by atoms with Gasteiger partial charge in [-0.05, 0) is 0 Å².